The number of hydrazine groups is 1. The number of nitrogens with one attached hydrogen (secondary N) is 1. The van der Waals surface area contributed by atoms with Crippen LogP contribution in [0.15, 0.2) is 0 Å². The number of thiophene rings is 1. The minimum atomic E-state index is -1.25. The van der Waals surface area contributed by atoms with Crippen molar-refractivity contribution in [3.8, 4) is 0 Å². The predicted octanol–water partition coefficient (Wildman–Crippen LogP) is 2.05. The fourth-order valence-corrected chi connectivity index (χ4v) is 4.71. The second kappa shape index (κ2) is 8.50. The zero-order chi connectivity index (χ0) is 23.1. The molecule has 0 spiro atoms. The maximum Gasteiger partial charge on any atom is 0.426 e. The number of hydrogen-bond acceptors (Lipinski definition) is 7. The Bertz CT molecular complexity index is 882. The van der Waals surface area contributed by atoms with Gasteiger partial charge < -0.3 is 20.5 Å². The van der Waals surface area contributed by atoms with Gasteiger partial charge in [0.05, 0.1) is 18.7 Å². The molecule has 4 amide bonds. The van der Waals surface area contributed by atoms with Gasteiger partial charge in [-0.3, -0.25) is 9.69 Å². The van der Waals surface area contributed by atoms with Crippen LogP contribution in [0.2, 0.25) is 0 Å². The van der Waals surface area contributed by atoms with Crippen LogP contribution >= 0.6 is 11.3 Å². The minimum Gasteiger partial charge on any atom is -0.443 e. The van der Waals surface area contributed by atoms with Gasteiger partial charge >= 0.3 is 12.1 Å². The first-order chi connectivity index (χ1) is 14.4. The highest BCUT2D eigenvalue weighted by molar-refractivity contribution is 7.16. The van der Waals surface area contributed by atoms with E-state index in [1.54, 1.807) is 27.7 Å². The zero-order valence-electron chi connectivity index (χ0n) is 18.0. The topological polar surface area (TPSA) is 128 Å². The Morgan fingerprint density at radius 2 is 2.03 bits per heavy atom. The van der Waals surface area contributed by atoms with Crippen LogP contribution in [0, 0.1) is 6.92 Å². The third kappa shape index (κ3) is 4.85. The van der Waals surface area contributed by atoms with E-state index in [2.05, 4.69) is 5.43 Å². The van der Waals surface area contributed by atoms with Crippen LogP contribution in [0.1, 0.15) is 54.4 Å². The van der Waals surface area contributed by atoms with E-state index in [-0.39, 0.29) is 25.0 Å². The van der Waals surface area contributed by atoms with Crippen molar-refractivity contribution in [3.05, 3.63) is 16.0 Å². The summed E-state index contributed by atoms with van der Waals surface area (Å²) in [6.45, 7) is 5.85. The number of rotatable bonds is 5. The van der Waals surface area contributed by atoms with Gasteiger partial charge in [0.1, 0.15) is 17.3 Å². The molecule has 1 unspecified atom stereocenters. The smallest absolute Gasteiger partial charge is 0.426 e. The van der Waals surface area contributed by atoms with E-state index in [4.69, 9.17) is 10.5 Å². The molecule has 1 aliphatic carbocycles. The Hall–Kier alpha value is -2.60. The fraction of sp³-hybridized carbons (Fsp3) is 0.632. The van der Waals surface area contributed by atoms with Crippen LogP contribution in [0.5, 0.6) is 0 Å². The largest absolute Gasteiger partial charge is 0.443 e. The fourth-order valence-electron chi connectivity index (χ4n) is 3.38. The van der Waals surface area contributed by atoms with E-state index < -0.39 is 30.8 Å². The number of halogens is 1. The maximum atomic E-state index is 13.2. The maximum absolute atomic E-state index is 13.2. The first-order valence-corrected chi connectivity index (χ1v) is 10.8. The van der Waals surface area contributed by atoms with E-state index in [9.17, 15) is 23.9 Å². The summed E-state index contributed by atoms with van der Waals surface area (Å²) < 4.78 is 18.4. The van der Waals surface area contributed by atoms with Gasteiger partial charge in [0.2, 0.25) is 6.35 Å². The molecule has 1 aromatic heterocycles. The van der Waals surface area contributed by atoms with Crippen molar-refractivity contribution in [2.45, 2.75) is 65.1 Å². The Morgan fingerprint density at radius 3 is 2.55 bits per heavy atom. The van der Waals surface area contributed by atoms with Gasteiger partial charge in [-0.1, -0.05) is 0 Å². The Labute approximate surface area is 183 Å². The summed E-state index contributed by atoms with van der Waals surface area (Å²) in [6.07, 6.45) is -0.531. The van der Waals surface area contributed by atoms with Crippen LogP contribution in [0.25, 0.3) is 0 Å². The quantitative estimate of drug-likeness (QED) is 0.581. The summed E-state index contributed by atoms with van der Waals surface area (Å²) >= 11 is 1.15. The van der Waals surface area contributed by atoms with Gasteiger partial charge in [-0.2, -0.15) is 0 Å². The number of amides is 4. The lowest BCUT2D eigenvalue weighted by Crippen LogP contribution is -2.56. The van der Waals surface area contributed by atoms with E-state index >= 15 is 0 Å². The molecule has 0 aromatic carbocycles. The van der Waals surface area contributed by atoms with Gasteiger partial charge in [-0.05, 0) is 46.1 Å². The van der Waals surface area contributed by atoms with Crippen LogP contribution in [0.3, 0.4) is 0 Å². The number of aliphatic hydroxyl groups is 1. The van der Waals surface area contributed by atoms with Gasteiger partial charge in [0.25, 0.3) is 5.91 Å². The number of alkyl halides is 1. The normalized spacial score (nSPS) is 18.6. The average molecular weight is 458 g/mol. The van der Waals surface area contributed by atoms with Gasteiger partial charge in [-0.25, -0.2) is 24.4 Å². The number of hydrogen-bond donors (Lipinski definition) is 3. The number of urea groups is 1. The van der Waals surface area contributed by atoms with Crippen molar-refractivity contribution < 1.29 is 28.6 Å². The minimum absolute atomic E-state index is 0.0727. The third-order valence-corrected chi connectivity index (χ3v) is 6.24. The Balaban J connectivity index is 1.89. The van der Waals surface area contributed by atoms with Crippen molar-refractivity contribution in [1.82, 2.24) is 15.3 Å². The number of fused-ring (bicyclic) bond motifs is 1. The van der Waals surface area contributed by atoms with Gasteiger partial charge in [0, 0.05) is 10.9 Å². The second-order valence-corrected chi connectivity index (χ2v) is 9.62. The van der Waals surface area contributed by atoms with E-state index in [0.717, 1.165) is 29.2 Å². The first-order valence-electron chi connectivity index (χ1n) is 9.96. The molecule has 0 radical (unpaired) electrons. The highest BCUT2D eigenvalue weighted by atomic mass is 32.1. The molecule has 1 fully saturated rings. The first kappa shape index (κ1) is 23.1. The monoisotopic (exact) mass is 457 g/mol. The number of nitrogens with zero attached hydrogens (tertiary/aromatic N) is 3. The van der Waals surface area contributed by atoms with Crippen molar-refractivity contribution in [3.63, 3.8) is 0 Å². The molecule has 1 atom stereocenters. The average Bonchev–Trinajstić information content (AvgIpc) is 3.41. The molecule has 1 aliphatic heterocycles. The van der Waals surface area contributed by atoms with E-state index in [1.165, 1.54) is 9.80 Å². The molecule has 4 N–H and O–H groups in total. The number of carbonyl (C=O) groups excluding carboxylic acids is 3. The zero-order valence-corrected chi connectivity index (χ0v) is 18.8. The number of nitrogens with two attached hydrogens (primary N) is 1. The summed E-state index contributed by atoms with van der Waals surface area (Å²) in [7, 11) is 0. The molecule has 3 rings (SSSR count). The lowest BCUT2D eigenvalue weighted by Gasteiger charge is -2.41. The summed E-state index contributed by atoms with van der Waals surface area (Å²) in [6, 6.07) is -0.986. The number of anilines is 1. The summed E-state index contributed by atoms with van der Waals surface area (Å²) in [4.78, 5) is 40.5. The number of ether oxygens (including phenoxy) is 1. The van der Waals surface area contributed by atoms with Crippen molar-refractivity contribution >= 4 is 34.4 Å². The van der Waals surface area contributed by atoms with Gasteiger partial charge in [-0.15, -0.1) is 11.3 Å². The van der Waals surface area contributed by atoms with Gasteiger partial charge in [0.15, 0.2) is 0 Å². The number of aliphatic hydroxyl groups excluding tert-OH is 1. The Morgan fingerprint density at radius 1 is 1.39 bits per heavy atom. The molecular formula is C19H28FN5O5S. The summed E-state index contributed by atoms with van der Waals surface area (Å²) in [5.41, 5.74) is 7.90. The summed E-state index contributed by atoms with van der Waals surface area (Å²) in [5.74, 6) is -0.328. The third-order valence-electron chi connectivity index (χ3n) is 4.92. The molecular weight excluding hydrogens is 429 g/mol. The van der Waals surface area contributed by atoms with E-state index in [1.807, 2.05) is 0 Å². The molecule has 10 nitrogen and oxygen atoms in total. The molecule has 12 heteroatoms. The van der Waals surface area contributed by atoms with Crippen LogP contribution in [-0.2, 0) is 11.3 Å². The molecule has 0 saturated heterocycles. The molecule has 2 aliphatic rings. The van der Waals surface area contributed by atoms with E-state index in [0.29, 0.717) is 21.0 Å². The Kier molecular flexibility index (Phi) is 6.33. The molecule has 172 valence electrons. The lowest BCUT2D eigenvalue weighted by atomic mass is 10.1. The molecule has 31 heavy (non-hydrogen) atoms. The van der Waals surface area contributed by atoms with Crippen molar-refractivity contribution in [1.29, 1.82) is 0 Å². The second-order valence-electron chi connectivity index (χ2n) is 8.54. The van der Waals surface area contributed by atoms with Crippen LogP contribution in [0.4, 0.5) is 19.0 Å². The van der Waals surface area contributed by atoms with Crippen LogP contribution in [-0.4, -0.2) is 64.3 Å². The van der Waals surface area contributed by atoms with Crippen LogP contribution < -0.4 is 16.1 Å². The molecule has 1 aromatic rings. The molecule has 2 heterocycles. The highest BCUT2D eigenvalue weighted by Gasteiger charge is 2.46. The lowest BCUT2D eigenvalue weighted by molar-refractivity contribution is -0.00240. The van der Waals surface area contributed by atoms with Crippen molar-refractivity contribution in [2.24, 2.45) is 5.73 Å². The molecule has 0 bridgehead atoms. The van der Waals surface area contributed by atoms with Crippen molar-refractivity contribution in [2.75, 3.05) is 18.1 Å². The number of primary amides is 1. The molecule has 1 saturated carbocycles. The number of carbonyl (C=O) groups is 3. The highest BCUT2D eigenvalue weighted by Crippen LogP contribution is 2.44. The summed E-state index contributed by atoms with van der Waals surface area (Å²) in [5, 5.41) is 12.0. The standard InChI is InChI=1S/C19H28FN5O5S/c1-10-12(9-24(16(21)27)22-17(28)30-19(2,3)4)31-15-13(10)14(26)25(11-5-6-11)18(29)23(15)8-7-20/h11,18,29H,5-9H2,1-4H3,(H2,21,27)(H,22,28). The SMILES string of the molecule is Cc1c(CN(NC(=O)OC(C)(C)C)C(N)=O)sc2c1C(=O)N(C1CC1)C(O)N2CCF. The predicted molar refractivity (Wildman–Crippen MR) is 112 cm³/mol.